The number of hydrogen-bond acceptors (Lipinski definition) is 3. The Balaban J connectivity index is 2.67. The van der Waals surface area contributed by atoms with Crippen LogP contribution < -0.4 is 5.32 Å². The van der Waals surface area contributed by atoms with Crippen LogP contribution in [-0.4, -0.2) is 17.0 Å². The normalized spacial score (nSPS) is 10.8. The Bertz CT molecular complexity index is 574. The number of aryl methyl sites for hydroxylation is 1. The number of anilines is 1. The van der Waals surface area contributed by atoms with Crippen molar-refractivity contribution in [1.82, 2.24) is 9.97 Å². The van der Waals surface area contributed by atoms with Gasteiger partial charge in [-0.2, -0.15) is 0 Å². The maximum atomic E-state index is 13.6. The van der Waals surface area contributed by atoms with Crippen LogP contribution in [0.15, 0.2) is 24.5 Å². The van der Waals surface area contributed by atoms with E-state index < -0.39 is 0 Å². The van der Waals surface area contributed by atoms with Gasteiger partial charge in [0.2, 0.25) is 0 Å². The van der Waals surface area contributed by atoms with Crippen molar-refractivity contribution >= 4 is 5.82 Å². The zero-order valence-electron chi connectivity index (χ0n) is 11.7. The molecule has 2 rings (SSSR count). The third-order valence-electron chi connectivity index (χ3n) is 3.01. The van der Waals surface area contributed by atoms with Crippen LogP contribution in [0.4, 0.5) is 10.2 Å². The fraction of sp³-hybridized carbons (Fsp3) is 0.333. The van der Waals surface area contributed by atoms with Gasteiger partial charge in [0.05, 0.1) is 5.69 Å². The molecule has 0 aliphatic carbocycles. The lowest BCUT2D eigenvalue weighted by Crippen LogP contribution is -2.04. The van der Waals surface area contributed by atoms with E-state index in [9.17, 15) is 4.39 Å². The molecule has 0 spiro atoms. The summed E-state index contributed by atoms with van der Waals surface area (Å²) in [4.78, 5) is 8.58. The van der Waals surface area contributed by atoms with E-state index in [4.69, 9.17) is 0 Å². The number of benzene rings is 1. The molecule has 0 saturated heterocycles. The molecule has 0 atom stereocenters. The summed E-state index contributed by atoms with van der Waals surface area (Å²) in [5.74, 6) is 0.804. The molecule has 2 aromatic rings. The van der Waals surface area contributed by atoms with E-state index in [-0.39, 0.29) is 11.7 Å². The van der Waals surface area contributed by atoms with Gasteiger partial charge in [0.1, 0.15) is 18.0 Å². The molecule has 1 N–H and O–H groups in total. The van der Waals surface area contributed by atoms with Crippen LogP contribution in [-0.2, 0) is 0 Å². The van der Waals surface area contributed by atoms with Crippen LogP contribution in [0.3, 0.4) is 0 Å². The van der Waals surface area contributed by atoms with Crippen LogP contribution in [0.1, 0.15) is 30.9 Å². The molecule has 100 valence electrons. The highest BCUT2D eigenvalue weighted by Crippen LogP contribution is 2.32. The summed E-state index contributed by atoms with van der Waals surface area (Å²) >= 11 is 0. The van der Waals surface area contributed by atoms with Crippen molar-refractivity contribution in [3.05, 3.63) is 41.5 Å². The zero-order chi connectivity index (χ0) is 14.0. The van der Waals surface area contributed by atoms with E-state index in [1.165, 1.54) is 18.5 Å². The van der Waals surface area contributed by atoms with Crippen molar-refractivity contribution in [3.8, 4) is 11.3 Å². The zero-order valence-corrected chi connectivity index (χ0v) is 11.7. The first kappa shape index (κ1) is 13.5. The van der Waals surface area contributed by atoms with Gasteiger partial charge in [-0.05, 0) is 36.6 Å². The van der Waals surface area contributed by atoms with Crippen molar-refractivity contribution in [3.63, 3.8) is 0 Å². The van der Waals surface area contributed by atoms with Gasteiger partial charge in [0.15, 0.2) is 0 Å². The predicted molar refractivity (Wildman–Crippen MR) is 75.8 cm³/mol. The van der Waals surface area contributed by atoms with Crippen LogP contribution in [0.2, 0.25) is 0 Å². The van der Waals surface area contributed by atoms with Crippen molar-refractivity contribution in [2.24, 2.45) is 0 Å². The Kier molecular flexibility index (Phi) is 3.79. The summed E-state index contributed by atoms with van der Waals surface area (Å²) in [7, 11) is 1.83. The lowest BCUT2D eigenvalue weighted by atomic mass is 9.96. The number of nitrogens with one attached hydrogen (secondary N) is 1. The van der Waals surface area contributed by atoms with Gasteiger partial charge in [0.25, 0.3) is 0 Å². The maximum absolute atomic E-state index is 13.6. The van der Waals surface area contributed by atoms with Gasteiger partial charge in [-0.25, -0.2) is 14.4 Å². The van der Waals surface area contributed by atoms with Gasteiger partial charge in [-0.3, -0.25) is 0 Å². The number of rotatable bonds is 3. The van der Waals surface area contributed by atoms with E-state index in [0.29, 0.717) is 0 Å². The second-order valence-corrected chi connectivity index (χ2v) is 4.91. The number of aromatic nitrogens is 2. The fourth-order valence-corrected chi connectivity index (χ4v) is 2.24. The average Bonchev–Trinajstić information content (AvgIpc) is 2.36. The smallest absolute Gasteiger partial charge is 0.133 e. The summed E-state index contributed by atoms with van der Waals surface area (Å²) in [6.07, 6.45) is 1.51. The molecule has 19 heavy (non-hydrogen) atoms. The lowest BCUT2D eigenvalue weighted by Gasteiger charge is -2.16. The topological polar surface area (TPSA) is 37.8 Å². The molecule has 0 amide bonds. The standard InChI is InChI=1S/C15H18FN3/c1-9(2)13-14(18-8-19-15(13)17-4)11-5-10(3)6-12(16)7-11/h5-9H,1-4H3,(H,17,18,19). The molecule has 0 radical (unpaired) electrons. The van der Waals surface area contributed by atoms with Crippen molar-refractivity contribution in [2.45, 2.75) is 26.7 Å². The highest BCUT2D eigenvalue weighted by molar-refractivity contribution is 5.69. The van der Waals surface area contributed by atoms with Crippen LogP contribution >= 0.6 is 0 Å². The Morgan fingerprint density at radius 3 is 2.47 bits per heavy atom. The van der Waals surface area contributed by atoms with Crippen molar-refractivity contribution in [1.29, 1.82) is 0 Å². The highest BCUT2D eigenvalue weighted by atomic mass is 19.1. The molecule has 0 fully saturated rings. The van der Waals surface area contributed by atoms with E-state index in [0.717, 1.165) is 28.2 Å². The predicted octanol–water partition coefficient (Wildman–Crippen LogP) is 3.76. The van der Waals surface area contributed by atoms with E-state index in [1.807, 2.05) is 20.0 Å². The molecule has 0 aliphatic rings. The summed E-state index contributed by atoms with van der Waals surface area (Å²) in [6.45, 7) is 6.03. The van der Waals surface area contributed by atoms with Gasteiger partial charge in [-0.15, -0.1) is 0 Å². The monoisotopic (exact) mass is 259 g/mol. The Hall–Kier alpha value is -1.97. The first-order valence-corrected chi connectivity index (χ1v) is 6.33. The van der Waals surface area contributed by atoms with Crippen LogP contribution in [0, 0.1) is 12.7 Å². The number of nitrogens with zero attached hydrogens (tertiary/aromatic N) is 2. The molecule has 0 bridgehead atoms. The minimum absolute atomic E-state index is 0.241. The van der Waals surface area contributed by atoms with E-state index in [1.54, 1.807) is 0 Å². The van der Waals surface area contributed by atoms with Gasteiger partial charge in [-0.1, -0.05) is 13.8 Å². The molecule has 4 heteroatoms. The first-order valence-electron chi connectivity index (χ1n) is 6.33. The van der Waals surface area contributed by atoms with Gasteiger partial charge >= 0.3 is 0 Å². The second-order valence-electron chi connectivity index (χ2n) is 4.91. The molecule has 0 aliphatic heterocycles. The quantitative estimate of drug-likeness (QED) is 0.912. The van der Waals surface area contributed by atoms with Crippen molar-refractivity contribution in [2.75, 3.05) is 12.4 Å². The molecule has 0 unspecified atom stereocenters. The van der Waals surface area contributed by atoms with E-state index in [2.05, 4.69) is 29.1 Å². The minimum atomic E-state index is -0.241. The molecule has 1 aromatic heterocycles. The number of halogens is 1. The minimum Gasteiger partial charge on any atom is -0.373 e. The Morgan fingerprint density at radius 2 is 1.89 bits per heavy atom. The first-order chi connectivity index (χ1) is 9.02. The summed E-state index contributed by atoms with van der Waals surface area (Å²) in [5.41, 5.74) is 3.47. The SMILES string of the molecule is CNc1ncnc(-c2cc(C)cc(F)c2)c1C(C)C. The maximum Gasteiger partial charge on any atom is 0.133 e. The molecule has 0 saturated carbocycles. The summed E-state index contributed by atoms with van der Waals surface area (Å²) < 4.78 is 13.6. The average molecular weight is 259 g/mol. The number of hydrogen-bond donors (Lipinski definition) is 1. The highest BCUT2D eigenvalue weighted by Gasteiger charge is 2.16. The van der Waals surface area contributed by atoms with Crippen LogP contribution in [0.25, 0.3) is 11.3 Å². The second kappa shape index (κ2) is 5.34. The third kappa shape index (κ3) is 2.72. The molecule has 3 nitrogen and oxygen atoms in total. The molecule has 1 heterocycles. The Morgan fingerprint density at radius 1 is 1.16 bits per heavy atom. The molecular weight excluding hydrogens is 241 g/mol. The third-order valence-corrected chi connectivity index (χ3v) is 3.01. The summed E-state index contributed by atoms with van der Waals surface area (Å²) in [6, 6.07) is 4.97. The lowest BCUT2D eigenvalue weighted by molar-refractivity contribution is 0.627. The largest absolute Gasteiger partial charge is 0.373 e. The van der Waals surface area contributed by atoms with Gasteiger partial charge in [0, 0.05) is 18.2 Å². The van der Waals surface area contributed by atoms with Crippen molar-refractivity contribution < 1.29 is 4.39 Å². The van der Waals surface area contributed by atoms with Gasteiger partial charge < -0.3 is 5.32 Å². The van der Waals surface area contributed by atoms with E-state index >= 15 is 0 Å². The van der Waals surface area contributed by atoms with Crippen LogP contribution in [0.5, 0.6) is 0 Å². The summed E-state index contributed by atoms with van der Waals surface area (Å²) in [5, 5.41) is 3.07. The molecular formula is C15H18FN3. The fourth-order valence-electron chi connectivity index (χ4n) is 2.24. The Labute approximate surface area is 112 Å². The molecule has 1 aromatic carbocycles.